The Labute approximate surface area is 131 Å². The van der Waals surface area contributed by atoms with E-state index in [2.05, 4.69) is 39.2 Å². The summed E-state index contributed by atoms with van der Waals surface area (Å²) >= 11 is 2.06. The Bertz CT molecular complexity index is 516. The van der Waals surface area contributed by atoms with E-state index in [4.69, 9.17) is 4.74 Å². The summed E-state index contributed by atoms with van der Waals surface area (Å²) in [5, 5.41) is 2.70. The lowest BCUT2D eigenvalue weighted by Crippen LogP contribution is -2.27. The molecule has 6 heteroatoms. The van der Waals surface area contributed by atoms with E-state index in [-0.39, 0.29) is 5.91 Å². The van der Waals surface area contributed by atoms with Crippen molar-refractivity contribution >= 4 is 40.2 Å². The number of nitrogens with one attached hydrogen (secondary N) is 1. The van der Waals surface area contributed by atoms with Crippen molar-refractivity contribution in [3.8, 4) is 0 Å². The van der Waals surface area contributed by atoms with Gasteiger partial charge in [0, 0.05) is 9.26 Å². The molecule has 5 nitrogen and oxygen atoms in total. The van der Waals surface area contributed by atoms with E-state index in [1.165, 1.54) is 7.11 Å². The Balaban J connectivity index is 2.81. The van der Waals surface area contributed by atoms with Gasteiger partial charge in [-0.25, -0.2) is 4.79 Å². The lowest BCUT2D eigenvalue weighted by molar-refractivity contribution is -0.125. The average Bonchev–Trinajstić information content (AvgIpc) is 2.42. The first kappa shape index (κ1) is 16.6. The van der Waals surface area contributed by atoms with E-state index in [0.29, 0.717) is 17.9 Å². The van der Waals surface area contributed by atoms with Crippen LogP contribution in [0.4, 0.5) is 5.69 Å². The molecule has 0 saturated heterocycles. The fourth-order valence-corrected chi connectivity index (χ4v) is 2.10. The molecule has 1 rings (SSSR count). The van der Waals surface area contributed by atoms with Crippen molar-refractivity contribution in [3.63, 3.8) is 0 Å². The maximum absolute atomic E-state index is 11.9. The van der Waals surface area contributed by atoms with Gasteiger partial charge in [-0.05, 0) is 47.7 Å². The molecular weight excluding hydrogens is 373 g/mol. The van der Waals surface area contributed by atoms with Crippen molar-refractivity contribution in [2.24, 2.45) is 0 Å². The highest BCUT2D eigenvalue weighted by Crippen LogP contribution is 2.18. The quantitative estimate of drug-likeness (QED) is 0.462. The van der Waals surface area contributed by atoms with Crippen molar-refractivity contribution < 1.29 is 19.1 Å². The molecule has 0 aliphatic heterocycles. The standard InChI is InChI=1S/C14H16INO4/c1-4-5-20-9(2)13(17)16-12-7-10(14(18)19-3)6-11(15)8-12/h4,6-9H,1,5H2,2-3H3,(H,16,17)/t9-/m1/s1. The highest BCUT2D eigenvalue weighted by Gasteiger charge is 2.14. The second-order valence-corrected chi connectivity index (χ2v) is 5.22. The molecule has 0 aromatic heterocycles. The number of benzene rings is 1. The average molecular weight is 389 g/mol. The normalized spacial score (nSPS) is 11.6. The van der Waals surface area contributed by atoms with Crippen LogP contribution in [0.3, 0.4) is 0 Å². The van der Waals surface area contributed by atoms with E-state index in [0.717, 1.165) is 3.57 Å². The van der Waals surface area contributed by atoms with Gasteiger partial charge in [-0.3, -0.25) is 4.79 Å². The first-order chi connectivity index (χ1) is 9.47. The zero-order chi connectivity index (χ0) is 15.1. The lowest BCUT2D eigenvalue weighted by atomic mass is 10.2. The number of carbonyl (C=O) groups is 2. The van der Waals surface area contributed by atoms with Crippen LogP contribution in [0, 0.1) is 3.57 Å². The second-order valence-electron chi connectivity index (χ2n) is 3.97. The third kappa shape index (κ3) is 4.93. The molecule has 1 atom stereocenters. The van der Waals surface area contributed by atoms with Gasteiger partial charge in [0.2, 0.25) is 0 Å². The molecule has 0 fully saturated rings. The molecule has 1 aromatic rings. The van der Waals surface area contributed by atoms with Crippen LogP contribution in [0.25, 0.3) is 0 Å². The van der Waals surface area contributed by atoms with Crippen LogP contribution >= 0.6 is 22.6 Å². The number of esters is 1. The number of rotatable bonds is 6. The summed E-state index contributed by atoms with van der Waals surface area (Å²) in [6, 6.07) is 5.00. The smallest absolute Gasteiger partial charge is 0.337 e. The Hall–Kier alpha value is -1.41. The van der Waals surface area contributed by atoms with Gasteiger partial charge in [0.25, 0.3) is 5.91 Å². The lowest BCUT2D eigenvalue weighted by Gasteiger charge is -2.13. The number of methoxy groups -OCH3 is 1. The number of halogens is 1. The summed E-state index contributed by atoms with van der Waals surface area (Å²) in [6.45, 7) is 5.47. The third-order valence-electron chi connectivity index (χ3n) is 2.42. The summed E-state index contributed by atoms with van der Waals surface area (Å²) in [6.07, 6.45) is 0.970. The van der Waals surface area contributed by atoms with E-state index in [1.807, 2.05) is 0 Å². The minimum Gasteiger partial charge on any atom is -0.465 e. The summed E-state index contributed by atoms with van der Waals surface area (Å²) in [5.41, 5.74) is 0.908. The highest BCUT2D eigenvalue weighted by atomic mass is 127. The molecular formula is C14H16INO4. The van der Waals surface area contributed by atoms with Gasteiger partial charge in [0.15, 0.2) is 0 Å². The van der Waals surface area contributed by atoms with Crippen molar-refractivity contribution in [2.45, 2.75) is 13.0 Å². The fraction of sp³-hybridized carbons (Fsp3) is 0.286. The Morgan fingerprint density at radius 2 is 2.15 bits per heavy atom. The van der Waals surface area contributed by atoms with Crippen LogP contribution in [0.1, 0.15) is 17.3 Å². The molecule has 0 saturated carbocycles. The van der Waals surface area contributed by atoms with Crippen LogP contribution < -0.4 is 5.32 Å². The van der Waals surface area contributed by atoms with E-state index in [1.54, 1.807) is 31.2 Å². The van der Waals surface area contributed by atoms with Crippen LogP contribution in [0.15, 0.2) is 30.9 Å². The maximum Gasteiger partial charge on any atom is 0.337 e. The number of anilines is 1. The second kappa shape index (κ2) is 8.01. The Morgan fingerprint density at radius 1 is 1.45 bits per heavy atom. The Kier molecular flexibility index (Phi) is 6.66. The van der Waals surface area contributed by atoms with Gasteiger partial charge < -0.3 is 14.8 Å². The summed E-state index contributed by atoms with van der Waals surface area (Å²) in [4.78, 5) is 23.4. The third-order valence-corrected chi connectivity index (χ3v) is 3.04. The SMILES string of the molecule is C=CCO[C@H](C)C(=O)Nc1cc(I)cc(C(=O)OC)c1. The summed E-state index contributed by atoms with van der Waals surface area (Å²) in [5.74, 6) is -0.736. The number of carbonyl (C=O) groups excluding carboxylic acids is 2. The number of ether oxygens (including phenoxy) is 2. The van der Waals surface area contributed by atoms with Gasteiger partial charge in [-0.2, -0.15) is 0 Å². The maximum atomic E-state index is 11.9. The minimum atomic E-state index is -0.604. The molecule has 0 aliphatic rings. The summed E-state index contributed by atoms with van der Waals surface area (Å²) in [7, 11) is 1.31. The van der Waals surface area contributed by atoms with Crippen molar-refractivity contribution in [2.75, 3.05) is 19.0 Å². The van der Waals surface area contributed by atoms with Gasteiger partial charge in [-0.15, -0.1) is 6.58 Å². The molecule has 0 spiro atoms. The van der Waals surface area contributed by atoms with Crippen molar-refractivity contribution in [1.82, 2.24) is 0 Å². The molecule has 1 N–H and O–H groups in total. The molecule has 0 aliphatic carbocycles. The monoisotopic (exact) mass is 389 g/mol. The van der Waals surface area contributed by atoms with Crippen LogP contribution in [0.2, 0.25) is 0 Å². The van der Waals surface area contributed by atoms with Gasteiger partial charge in [0.1, 0.15) is 6.10 Å². The van der Waals surface area contributed by atoms with Crippen LogP contribution in [-0.4, -0.2) is 31.7 Å². The Morgan fingerprint density at radius 3 is 2.75 bits per heavy atom. The topological polar surface area (TPSA) is 64.6 Å². The van der Waals surface area contributed by atoms with E-state index in [9.17, 15) is 9.59 Å². The fourth-order valence-electron chi connectivity index (χ4n) is 1.43. The van der Waals surface area contributed by atoms with E-state index >= 15 is 0 Å². The van der Waals surface area contributed by atoms with Gasteiger partial charge in [-0.1, -0.05) is 6.08 Å². The molecule has 108 valence electrons. The summed E-state index contributed by atoms with van der Waals surface area (Å²) < 4.78 is 10.7. The highest BCUT2D eigenvalue weighted by molar-refractivity contribution is 14.1. The van der Waals surface area contributed by atoms with E-state index < -0.39 is 12.1 Å². The number of hydrogen-bond donors (Lipinski definition) is 1. The first-order valence-corrected chi connectivity index (χ1v) is 6.98. The molecule has 0 unspecified atom stereocenters. The zero-order valence-electron chi connectivity index (χ0n) is 11.3. The number of amides is 1. The predicted molar refractivity (Wildman–Crippen MR) is 84.7 cm³/mol. The van der Waals surface area contributed by atoms with Crippen LogP contribution in [-0.2, 0) is 14.3 Å². The molecule has 0 radical (unpaired) electrons. The molecule has 0 heterocycles. The molecule has 1 amide bonds. The molecule has 1 aromatic carbocycles. The van der Waals surface area contributed by atoms with Crippen molar-refractivity contribution in [3.05, 3.63) is 40.0 Å². The first-order valence-electron chi connectivity index (χ1n) is 5.90. The van der Waals surface area contributed by atoms with Crippen LogP contribution in [0.5, 0.6) is 0 Å². The zero-order valence-corrected chi connectivity index (χ0v) is 13.5. The largest absolute Gasteiger partial charge is 0.465 e. The van der Waals surface area contributed by atoms with Gasteiger partial charge >= 0.3 is 5.97 Å². The van der Waals surface area contributed by atoms with Crippen molar-refractivity contribution in [1.29, 1.82) is 0 Å². The predicted octanol–water partition coefficient (Wildman–Crippen LogP) is 2.61. The van der Waals surface area contributed by atoms with Gasteiger partial charge in [0.05, 0.1) is 19.3 Å². The molecule has 0 bridgehead atoms. The minimum absolute atomic E-state index is 0.287. The molecule has 20 heavy (non-hydrogen) atoms. The number of hydrogen-bond acceptors (Lipinski definition) is 4.